The van der Waals surface area contributed by atoms with Gasteiger partial charge in [0, 0.05) is 22.5 Å². The van der Waals surface area contributed by atoms with Crippen molar-refractivity contribution < 1.29 is 22.3 Å². The van der Waals surface area contributed by atoms with Gasteiger partial charge in [0.1, 0.15) is 15.7 Å². The summed E-state index contributed by atoms with van der Waals surface area (Å²) in [6.07, 6.45) is 2.64. The molecule has 2 aromatic heterocycles. The Morgan fingerprint density at radius 1 is 1.14 bits per heavy atom. The van der Waals surface area contributed by atoms with Crippen LogP contribution < -0.4 is 15.2 Å². The Bertz CT molecular complexity index is 1580. The maximum atomic E-state index is 14.5. The summed E-state index contributed by atoms with van der Waals surface area (Å²) in [5, 5.41) is 0. The Hall–Kier alpha value is -3.18. The molecule has 0 saturated heterocycles. The van der Waals surface area contributed by atoms with Gasteiger partial charge >= 0.3 is 5.69 Å². The lowest BCUT2D eigenvalue weighted by atomic mass is 10.1. The van der Waals surface area contributed by atoms with Crippen LogP contribution in [-0.4, -0.2) is 48.3 Å². The molecule has 0 bridgehead atoms. The van der Waals surface area contributed by atoms with Crippen molar-refractivity contribution in [3.63, 3.8) is 0 Å². The molecule has 0 N–H and O–H groups in total. The third-order valence-electron chi connectivity index (χ3n) is 5.70. The Labute approximate surface area is 216 Å². The number of imidazole rings is 1. The average molecular weight is 578 g/mol. The summed E-state index contributed by atoms with van der Waals surface area (Å²) < 4.78 is 53.9. The van der Waals surface area contributed by atoms with Gasteiger partial charge in [0.25, 0.3) is 0 Å². The van der Waals surface area contributed by atoms with Crippen LogP contribution in [0.25, 0.3) is 11.2 Å². The molecule has 2 aromatic carbocycles. The van der Waals surface area contributed by atoms with Gasteiger partial charge in [0.15, 0.2) is 17.1 Å². The minimum absolute atomic E-state index is 0.0501. The predicted molar refractivity (Wildman–Crippen MR) is 139 cm³/mol. The summed E-state index contributed by atoms with van der Waals surface area (Å²) >= 11 is 3.39. The van der Waals surface area contributed by atoms with Crippen LogP contribution >= 0.6 is 15.9 Å². The highest BCUT2D eigenvalue weighted by Gasteiger charge is 2.27. The molecule has 0 amide bonds. The molecular weight excluding hydrogens is 553 g/mol. The van der Waals surface area contributed by atoms with Crippen LogP contribution in [0.15, 0.2) is 64.0 Å². The van der Waals surface area contributed by atoms with E-state index in [-0.39, 0.29) is 17.9 Å². The molecule has 0 aliphatic carbocycles. The Kier molecular flexibility index (Phi) is 7.51. The zero-order valence-electron chi connectivity index (χ0n) is 19.9. The van der Waals surface area contributed by atoms with E-state index in [9.17, 15) is 17.6 Å². The molecule has 4 aromatic rings. The Morgan fingerprint density at radius 2 is 1.89 bits per heavy atom. The first-order valence-corrected chi connectivity index (χ1v) is 14.0. The molecule has 0 unspecified atom stereocenters. The van der Waals surface area contributed by atoms with Crippen molar-refractivity contribution in [3.8, 4) is 11.5 Å². The number of methoxy groups -OCH3 is 1. The number of hydrogen-bond donors (Lipinski definition) is 0. The second-order valence-corrected chi connectivity index (χ2v) is 11.4. The molecule has 0 fully saturated rings. The van der Waals surface area contributed by atoms with E-state index in [0.717, 1.165) is 6.26 Å². The lowest BCUT2D eigenvalue weighted by Crippen LogP contribution is -2.32. The molecule has 0 aliphatic rings. The maximum absolute atomic E-state index is 14.5. The number of benzene rings is 2. The van der Waals surface area contributed by atoms with Gasteiger partial charge in [-0.2, -0.15) is 0 Å². The van der Waals surface area contributed by atoms with E-state index in [1.807, 2.05) is 6.92 Å². The number of sulfone groups is 1. The molecular formula is C25H25BrFN3O5S. The SMILES string of the molecule is CCOc1cc([C@H](CS(C)(=O)=O)n2c(=O)n(Cc3ccccc3F)c3cc(Br)cnc32)ccc1OC. The van der Waals surface area contributed by atoms with Crippen LogP contribution in [0, 0.1) is 5.82 Å². The average Bonchev–Trinajstić information content (AvgIpc) is 3.09. The molecule has 0 saturated carbocycles. The molecule has 190 valence electrons. The predicted octanol–water partition coefficient (Wildman–Crippen LogP) is 4.19. The molecule has 2 heterocycles. The third-order valence-corrected chi connectivity index (χ3v) is 7.06. The molecule has 36 heavy (non-hydrogen) atoms. The number of pyridine rings is 1. The fraction of sp³-hybridized carbons (Fsp3) is 0.280. The first-order chi connectivity index (χ1) is 17.1. The fourth-order valence-electron chi connectivity index (χ4n) is 4.14. The maximum Gasteiger partial charge on any atom is 0.331 e. The summed E-state index contributed by atoms with van der Waals surface area (Å²) in [7, 11) is -2.04. The van der Waals surface area contributed by atoms with Crippen molar-refractivity contribution in [1.29, 1.82) is 0 Å². The minimum atomic E-state index is -3.55. The van der Waals surface area contributed by atoms with Gasteiger partial charge in [-0.25, -0.2) is 22.6 Å². The van der Waals surface area contributed by atoms with Gasteiger partial charge in [0.05, 0.1) is 37.6 Å². The summed E-state index contributed by atoms with van der Waals surface area (Å²) in [6, 6.07) is 12.0. The smallest absolute Gasteiger partial charge is 0.331 e. The van der Waals surface area contributed by atoms with E-state index in [1.54, 1.807) is 42.5 Å². The van der Waals surface area contributed by atoms with Crippen LogP contribution in [0.3, 0.4) is 0 Å². The van der Waals surface area contributed by atoms with Gasteiger partial charge < -0.3 is 9.47 Å². The van der Waals surface area contributed by atoms with Crippen LogP contribution in [-0.2, 0) is 16.4 Å². The third kappa shape index (κ3) is 5.31. The van der Waals surface area contributed by atoms with Crippen LogP contribution in [0.1, 0.15) is 24.1 Å². The summed E-state index contributed by atoms with van der Waals surface area (Å²) in [5.74, 6) is 0.101. The first-order valence-electron chi connectivity index (χ1n) is 11.1. The minimum Gasteiger partial charge on any atom is -0.493 e. The standard InChI is InChI=1S/C25H25BrFN3O5S/c1-4-35-23-11-16(9-10-22(23)34-2)21(15-36(3,32)33)30-24-20(12-18(26)13-28-24)29(25(30)31)14-17-7-5-6-8-19(17)27/h5-13,21H,4,14-15H2,1-3H3/t21-/m0/s1. The fourth-order valence-corrected chi connectivity index (χ4v) is 5.37. The second kappa shape index (κ2) is 10.4. The van der Waals surface area contributed by atoms with Gasteiger partial charge in [-0.3, -0.25) is 9.13 Å². The van der Waals surface area contributed by atoms with Gasteiger partial charge in [0.2, 0.25) is 0 Å². The molecule has 1 atom stereocenters. The van der Waals surface area contributed by atoms with Crippen molar-refractivity contribution in [3.05, 3.63) is 86.6 Å². The topological polar surface area (TPSA) is 92.4 Å². The zero-order valence-corrected chi connectivity index (χ0v) is 22.3. The van der Waals surface area contributed by atoms with Crippen molar-refractivity contribution >= 4 is 36.9 Å². The van der Waals surface area contributed by atoms with Crippen molar-refractivity contribution in [2.45, 2.75) is 19.5 Å². The highest BCUT2D eigenvalue weighted by atomic mass is 79.9. The molecule has 8 nitrogen and oxygen atoms in total. The van der Waals surface area contributed by atoms with E-state index in [4.69, 9.17) is 9.47 Å². The number of rotatable bonds is 9. The number of aromatic nitrogens is 3. The summed E-state index contributed by atoms with van der Waals surface area (Å²) in [4.78, 5) is 18.3. The van der Waals surface area contributed by atoms with E-state index in [0.29, 0.717) is 39.2 Å². The lowest BCUT2D eigenvalue weighted by Gasteiger charge is -2.20. The van der Waals surface area contributed by atoms with Crippen molar-refractivity contribution in [2.75, 3.05) is 25.7 Å². The van der Waals surface area contributed by atoms with Crippen LogP contribution in [0.2, 0.25) is 0 Å². The second-order valence-electron chi connectivity index (χ2n) is 8.28. The van der Waals surface area contributed by atoms with Gasteiger partial charge in [-0.05, 0) is 52.7 Å². The molecule has 11 heteroatoms. The van der Waals surface area contributed by atoms with Gasteiger partial charge in [-0.15, -0.1) is 0 Å². The first kappa shape index (κ1) is 25.9. The Balaban J connectivity index is 1.98. The zero-order chi connectivity index (χ0) is 26.0. The number of fused-ring (bicyclic) bond motifs is 1. The number of hydrogen-bond acceptors (Lipinski definition) is 6. The van der Waals surface area contributed by atoms with E-state index in [1.165, 1.54) is 28.5 Å². The quantitative estimate of drug-likeness (QED) is 0.296. The number of nitrogens with zero attached hydrogens (tertiary/aromatic N) is 3. The van der Waals surface area contributed by atoms with Crippen molar-refractivity contribution in [1.82, 2.24) is 14.1 Å². The van der Waals surface area contributed by atoms with E-state index in [2.05, 4.69) is 20.9 Å². The van der Waals surface area contributed by atoms with E-state index >= 15 is 0 Å². The van der Waals surface area contributed by atoms with Crippen molar-refractivity contribution in [2.24, 2.45) is 0 Å². The monoisotopic (exact) mass is 577 g/mol. The molecule has 0 aliphatic heterocycles. The summed E-state index contributed by atoms with van der Waals surface area (Å²) in [5.41, 5.74) is 1.06. The Morgan fingerprint density at radius 3 is 2.56 bits per heavy atom. The van der Waals surface area contributed by atoms with Crippen LogP contribution in [0.5, 0.6) is 11.5 Å². The molecule has 0 radical (unpaired) electrons. The highest BCUT2D eigenvalue weighted by molar-refractivity contribution is 9.10. The molecule has 0 spiro atoms. The van der Waals surface area contributed by atoms with Gasteiger partial charge in [-0.1, -0.05) is 24.3 Å². The lowest BCUT2D eigenvalue weighted by molar-refractivity contribution is 0.310. The largest absolute Gasteiger partial charge is 0.493 e. The van der Waals surface area contributed by atoms with E-state index < -0.39 is 27.4 Å². The number of halogens is 2. The van der Waals surface area contributed by atoms with Crippen LogP contribution in [0.4, 0.5) is 4.39 Å². The normalized spacial score (nSPS) is 12.6. The highest BCUT2D eigenvalue weighted by Crippen LogP contribution is 2.33. The molecule has 4 rings (SSSR count). The number of ether oxygens (including phenoxy) is 2. The summed E-state index contributed by atoms with van der Waals surface area (Å²) in [6.45, 7) is 2.14.